The molecule has 0 fully saturated rings. The molecule has 1 heterocycles. The van der Waals surface area contributed by atoms with Crippen molar-refractivity contribution in [2.45, 2.75) is 25.9 Å². The molecule has 5 heteroatoms. The lowest BCUT2D eigenvalue weighted by Crippen LogP contribution is -2.17. The van der Waals surface area contributed by atoms with Gasteiger partial charge in [0.25, 0.3) is 0 Å². The largest absolute Gasteiger partial charge is 0.481 e. The smallest absolute Gasteiger partial charge is 0.308 e. The van der Waals surface area contributed by atoms with Crippen LogP contribution in [0.5, 0.6) is 0 Å². The molecule has 0 aliphatic rings. The fourth-order valence-corrected chi connectivity index (χ4v) is 3.11. The van der Waals surface area contributed by atoms with Crippen LogP contribution in [0.3, 0.4) is 0 Å². The average molecular weight is 354 g/mol. The number of hydrogen-bond donors (Lipinski definition) is 2. The van der Waals surface area contributed by atoms with E-state index in [1.54, 1.807) is 11.3 Å². The van der Waals surface area contributed by atoms with Gasteiger partial charge in [-0.25, -0.2) is 0 Å². The van der Waals surface area contributed by atoms with E-state index in [0.717, 1.165) is 20.8 Å². The highest BCUT2D eigenvalue weighted by molar-refractivity contribution is 9.10. The number of carboxylic acids is 1. The summed E-state index contributed by atoms with van der Waals surface area (Å²) >= 11 is 4.98. The fourth-order valence-electron chi connectivity index (χ4n) is 1.88. The first kappa shape index (κ1) is 15.2. The standard InChI is InChI=1S/C15H16BrNO2S/c1-10(11-2-4-12(16)5-3-11)17-9-14-7-6-13(20-14)8-15(18)19/h2-7,10,17H,8-9H2,1H3,(H,18,19). The second-order valence-electron chi connectivity index (χ2n) is 4.59. The van der Waals surface area contributed by atoms with Crippen LogP contribution in [0.4, 0.5) is 0 Å². The normalized spacial score (nSPS) is 12.3. The van der Waals surface area contributed by atoms with Gasteiger partial charge < -0.3 is 10.4 Å². The summed E-state index contributed by atoms with van der Waals surface area (Å²) in [6.07, 6.45) is 0.104. The van der Waals surface area contributed by atoms with Gasteiger partial charge >= 0.3 is 5.97 Å². The van der Waals surface area contributed by atoms with Gasteiger partial charge in [0, 0.05) is 26.8 Å². The van der Waals surface area contributed by atoms with Gasteiger partial charge in [-0.3, -0.25) is 4.79 Å². The molecule has 2 N–H and O–H groups in total. The first-order valence-electron chi connectivity index (χ1n) is 6.33. The number of aliphatic carboxylic acids is 1. The second-order valence-corrected chi connectivity index (χ2v) is 6.76. The molecule has 0 saturated heterocycles. The first-order valence-corrected chi connectivity index (χ1v) is 7.94. The maximum absolute atomic E-state index is 10.6. The van der Waals surface area contributed by atoms with E-state index in [9.17, 15) is 4.79 Å². The number of rotatable bonds is 6. The van der Waals surface area contributed by atoms with Gasteiger partial charge in [-0.1, -0.05) is 28.1 Å². The lowest BCUT2D eigenvalue weighted by molar-refractivity contribution is -0.136. The molecule has 0 aliphatic heterocycles. The highest BCUT2D eigenvalue weighted by Gasteiger charge is 2.07. The minimum absolute atomic E-state index is 0.104. The van der Waals surface area contributed by atoms with Crippen LogP contribution in [0.1, 0.15) is 28.3 Å². The van der Waals surface area contributed by atoms with E-state index in [2.05, 4.69) is 40.3 Å². The van der Waals surface area contributed by atoms with Gasteiger partial charge in [0.2, 0.25) is 0 Å². The molecule has 0 aliphatic carbocycles. The van der Waals surface area contributed by atoms with E-state index in [0.29, 0.717) is 0 Å². The van der Waals surface area contributed by atoms with Crippen molar-refractivity contribution >= 4 is 33.2 Å². The summed E-state index contributed by atoms with van der Waals surface area (Å²) in [7, 11) is 0. The monoisotopic (exact) mass is 353 g/mol. The summed E-state index contributed by atoms with van der Waals surface area (Å²) < 4.78 is 1.07. The molecule has 0 radical (unpaired) electrons. The van der Waals surface area contributed by atoms with Crippen molar-refractivity contribution in [1.29, 1.82) is 0 Å². The summed E-state index contributed by atoms with van der Waals surface area (Å²) in [5, 5.41) is 12.2. The molecule has 2 aromatic rings. The summed E-state index contributed by atoms with van der Waals surface area (Å²) in [5.74, 6) is -0.783. The zero-order valence-corrected chi connectivity index (χ0v) is 13.5. The van der Waals surface area contributed by atoms with Crippen LogP contribution in [0, 0.1) is 0 Å². The van der Waals surface area contributed by atoms with Crippen molar-refractivity contribution in [1.82, 2.24) is 5.32 Å². The molecule has 0 spiro atoms. The quantitative estimate of drug-likeness (QED) is 0.825. The molecule has 0 amide bonds. The summed E-state index contributed by atoms with van der Waals surface area (Å²) in [6.45, 7) is 2.87. The van der Waals surface area contributed by atoms with Crippen molar-refractivity contribution in [3.63, 3.8) is 0 Å². The fraction of sp³-hybridized carbons (Fsp3) is 0.267. The maximum atomic E-state index is 10.6. The van der Waals surface area contributed by atoms with Crippen LogP contribution in [0.25, 0.3) is 0 Å². The molecular weight excluding hydrogens is 338 g/mol. The number of thiophene rings is 1. The van der Waals surface area contributed by atoms with E-state index >= 15 is 0 Å². The van der Waals surface area contributed by atoms with Crippen molar-refractivity contribution in [2.75, 3.05) is 0 Å². The number of carbonyl (C=O) groups is 1. The lowest BCUT2D eigenvalue weighted by Gasteiger charge is -2.13. The Hall–Kier alpha value is -1.17. The molecule has 20 heavy (non-hydrogen) atoms. The molecular formula is C15H16BrNO2S. The van der Waals surface area contributed by atoms with Crippen LogP contribution >= 0.6 is 27.3 Å². The lowest BCUT2D eigenvalue weighted by atomic mass is 10.1. The highest BCUT2D eigenvalue weighted by atomic mass is 79.9. The average Bonchev–Trinajstić information content (AvgIpc) is 2.83. The van der Waals surface area contributed by atoms with E-state index in [4.69, 9.17) is 5.11 Å². The molecule has 1 aromatic heterocycles. The second kappa shape index (κ2) is 7.02. The molecule has 1 aromatic carbocycles. The van der Waals surface area contributed by atoms with Crippen LogP contribution in [0.2, 0.25) is 0 Å². The minimum atomic E-state index is -0.783. The number of carboxylic acid groups (broad SMARTS) is 1. The number of nitrogens with one attached hydrogen (secondary N) is 1. The Morgan fingerprint density at radius 3 is 2.55 bits per heavy atom. The van der Waals surface area contributed by atoms with Crippen LogP contribution in [0.15, 0.2) is 40.9 Å². The van der Waals surface area contributed by atoms with Crippen molar-refractivity contribution in [3.8, 4) is 0 Å². The number of benzene rings is 1. The van der Waals surface area contributed by atoms with Gasteiger partial charge in [-0.2, -0.15) is 0 Å². The number of hydrogen-bond acceptors (Lipinski definition) is 3. The van der Waals surface area contributed by atoms with E-state index in [1.165, 1.54) is 5.56 Å². The SMILES string of the molecule is CC(NCc1ccc(CC(=O)O)s1)c1ccc(Br)cc1. The molecule has 0 bridgehead atoms. The third kappa shape index (κ3) is 4.44. The molecule has 1 unspecified atom stereocenters. The van der Waals surface area contributed by atoms with E-state index in [1.807, 2.05) is 24.3 Å². The molecule has 0 saturated carbocycles. The molecule has 106 valence electrons. The van der Waals surface area contributed by atoms with Crippen LogP contribution in [-0.4, -0.2) is 11.1 Å². The van der Waals surface area contributed by atoms with E-state index < -0.39 is 5.97 Å². The topological polar surface area (TPSA) is 49.3 Å². The maximum Gasteiger partial charge on any atom is 0.308 e. The Bertz CT molecular complexity index is 580. The predicted molar refractivity (Wildman–Crippen MR) is 85.1 cm³/mol. The summed E-state index contributed by atoms with van der Waals surface area (Å²) in [6, 6.07) is 12.4. The molecule has 3 nitrogen and oxygen atoms in total. The van der Waals surface area contributed by atoms with Gasteiger partial charge in [-0.05, 0) is 36.8 Å². The third-order valence-electron chi connectivity index (χ3n) is 3.00. The minimum Gasteiger partial charge on any atom is -0.481 e. The van der Waals surface area contributed by atoms with Crippen molar-refractivity contribution in [3.05, 3.63) is 56.2 Å². The zero-order valence-electron chi connectivity index (χ0n) is 11.1. The third-order valence-corrected chi connectivity index (χ3v) is 4.61. The Morgan fingerprint density at radius 2 is 1.90 bits per heavy atom. The van der Waals surface area contributed by atoms with Crippen LogP contribution in [-0.2, 0) is 17.8 Å². The van der Waals surface area contributed by atoms with Gasteiger partial charge in [0.1, 0.15) is 0 Å². The Labute approximate surface area is 130 Å². The summed E-state index contributed by atoms with van der Waals surface area (Å²) in [5.41, 5.74) is 1.23. The summed E-state index contributed by atoms with van der Waals surface area (Å²) in [4.78, 5) is 12.7. The van der Waals surface area contributed by atoms with Crippen molar-refractivity contribution < 1.29 is 9.90 Å². The van der Waals surface area contributed by atoms with Gasteiger partial charge in [0.05, 0.1) is 6.42 Å². The van der Waals surface area contributed by atoms with Gasteiger partial charge in [-0.15, -0.1) is 11.3 Å². The van der Waals surface area contributed by atoms with Gasteiger partial charge in [0.15, 0.2) is 0 Å². The van der Waals surface area contributed by atoms with Crippen molar-refractivity contribution in [2.24, 2.45) is 0 Å². The molecule has 2 rings (SSSR count). The van der Waals surface area contributed by atoms with E-state index in [-0.39, 0.29) is 12.5 Å². The zero-order chi connectivity index (χ0) is 14.5. The predicted octanol–water partition coefficient (Wildman–Crippen LogP) is 3.99. The molecule has 1 atom stereocenters. The van der Waals surface area contributed by atoms with Crippen LogP contribution < -0.4 is 5.32 Å². The first-order chi connectivity index (χ1) is 9.54. The Balaban J connectivity index is 1.89. The highest BCUT2D eigenvalue weighted by Crippen LogP contribution is 2.20. The number of halogens is 1. The Kier molecular flexibility index (Phi) is 5.34. The Morgan fingerprint density at radius 1 is 1.25 bits per heavy atom.